The number of aromatic amines is 1. The molecule has 0 radical (unpaired) electrons. The zero-order valence-corrected chi connectivity index (χ0v) is 16.1. The Balaban J connectivity index is 1.31. The summed E-state index contributed by atoms with van der Waals surface area (Å²) in [5.41, 5.74) is 1.44. The molecule has 1 saturated heterocycles. The standard InChI is InChI=1S/C22H24N2O2S/c25-21(24-11-9-16(10-12-24)14-19-5-3-13-27-19)8-7-18-15-17-4-1-2-6-20(17)23-22(18)26/h1-6,13,15-16H,7-12,14H2,(H,23,26). The highest BCUT2D eigenvalue weighted by Gasteiger charge is 2.23. The molecular weight excluding hydrogens is 356 g/mol. The molecule has 0 saturated carbocycles. The molecule has 0 bridgehead atoms. The van der Waals surface area contributed by atoms with Crippen molar-refractivity contribution >= 4 is 28.1 Å². The lowest BCUT2D eigenvalue weighted by Crippen LogP contribution is -2.39. The van der Waals surface area contributed by atoms with Crippen LogP contribution in [0.15, 0.2) is 52.6 Å². The Labute approximate surface area is 162 Å². The Kier molecular flexibility index (Phi) is 5.39. The number of nitrogens with zero attached hydrogens (tertiary/aromatic N) is 1. The third-order valence-electron chi connectivity index (χ3n) is 5.48. The number of fused-ring (bicyclic) bond motifs is 1. The summed E-state index contributed by atoms with van der Waals surface area (Å²) in [6.07, 6.45) is 4.16. The van der Waals surface area contributed by atoms with Crippen LogP contribution in [0.2, 0.25) is 0 Å². The second-order valence-corrected chi connectivity index (χ2v) is 8.35. The van der Waals surface area contributed by atoms with Gasteiger partial charge in [0.1, 0.15) is 0 Å². The molecule has 2 aromatic heterocycles. The van der Waals surface area contributed by atoms with Crippen molar-refractivity contribution < 1.29 is 4.79 Å². The summed E-state index contributed by atoms with van der Waals surface area (Å²) >= 11 is 1.82. The van der Waals surface area contributed by atoms with Gasteiger partial charge < -0.3 is 9.88 Å². The summed E-state index contributed by atoms with van der Waals surface area (Å²) in [5, 5.41) is 3.14. The molecule has 1 aromatic carbocycles. The second kappa shape index (κ2) is 8.09. The monoisotopic (exact) mass is 380 g/mol. The van der Waals surface area contributed by atoms with Crippen LogP contribution in [-0.4, -0.2) is 28.9 Å². The van der Waals surface area contributed by atoms with Crippen LogP contribution in [0, 0.1) is 5.92 Å². The zero-order chi connectivity index (χ0) is 18.6. The largest absolute Gasteiger partial charge is 0.343 e. The number of benzene rings is 1. The molecule has 27 heavy (non-hydrogen) atoms. The first-order chi connectivity index (χ1) is 13.2. The van der Waals surface area contributed by atoms with E-state index in [1.807, 2.05) is 46.6 Å². The Morgan fingerprint density at radius 2 is 1.96 bits per heavy atom. The number of pyridine rings is 1. The molecule has 4 rings (SSSR count). The molecule has 1 aliphatic rings. The molecule has 3 aromatic rings. The fourth-order valence-electron chi connectivity index (χ4n) is 3.88. The van der Waals surface area contributed by atoms with E-state index in [1.165, 1.54) is 4.88 Å². The fourth-order valence-corrected chi connectivity index (χ4v) is 4.70. The molecule has 1 aliphatic heterocycles. The van der Waals surface area contributed by atoms with Crippen molar-refractivity contribution in [3.63, 3.8) is 0 Å². The minimum absolute atomic E-state index is 0.0869. The Hall–Kier alpha value is -2.40. The number of para-hydroxylation sites is 1. The van der Waals surface area contributed by atoms with E-state index in [0.717, 1.165) is 43.3 Å². The number of nitrogens with one attached hydrogen (secondary N) is 1. The van der Waals surface area contributed by atoms with E-state index in [1.54, 1.807) is 0 Å². The van der Waals surface area contributed by atoms with Gasteiger partial charge in [0.2, 0.25) is 5.91 Å². The van der Waals surface area contributed by atoms with Crippen LogP contribution in [0.4, 0.5) is 0 Å². The minimum Gasteiger partial charge on any atom is -0.343 e. The number of thiophene rings is 1. The number of carbonyl (C=O) groups excluding carboxylic acids is 1. The molecule has 0 unspecified atom stereocenters. The first-order valence-corrected chi connectivity index (χ1v) is 10.5. The van der Waals surface area contributed by atoms with Crippen molar-refractivity contribution in [2.75, 3.05) is 13.1 Å². The first kappa shape index (κ1) is 18.0. The Morgan fingerprint density at radius 3 is 2.74 bits per heavy atom. The molecule has 0 spiro atoms. The van der Waals surface area contributed by atoms with E-state index in [-0.39, 0.29) is 11.5 Å². The van der Waals surface area contributed by atoms with E-state index < -0.39 is 0 Å². The highest BCUT2D eigenvalue weighted by atomic mass is 32.1. The van der Waals surface area contributed by atoms with Gasteiger partial charge in [-0.25, -0.2) is 0 Å². The van der Waals surface area contributed by atoms with Gasteiger partial charge in [-0.1, -0.05) is 24.3 Å². The van der Waals surface area contributed by atoms with Gasteiger partial charge in [0.05, 0.1) is 0 Å². The second-order valence-electron chi connectivity index (χ2n) is 7.32. The maximum absolute atomic E-state index is 12.6. The molecule has 3 heterocycles. The number of carbonyl (C=O) groups is 1. The smallest absolute Gasteiger partial charge is 0.251 e. The minimum atomic E-state index is -0.0869. The summed E-state index contributed by atoms with van der Waals surface area (Å²) in [5.74, 6) is 0.841. The highest BCUT2D eigenvalue weighted by molar-refractivity contribution is 7.09. The third kappa shape index (κ3) is 4.30. The van der Waals surface area contributed by atoms with Crippen LogP contribution < -0.4 is 5.56 Å². The lowest BCUT2D eigenvalue weighted by atomic mass is 9.92. The van der Waals surface area contributed by atoms with Gasteiger partial charge in [0, 0.05) is 35.5 Å². The Morgan fingerprint density at radius 1 is 1.15 bits per heavy atom. The topological polar surface area (TPSA) is 53.2 Å². The van der Waals surface area contributed by atoms with E-state index >= 15 is 0 Å². The number of hydrogen-bond acceptors (Lipinski definition) is 3. The van der Waals surface area contributed by atoms with Gasteiger partial charge in [0.25, 0.3) is 5.56 Å². The molecule has 140 valence electrons. The summed E-state index contributed by atoms with van der Waals surface area (Å²) < 4.78 is 0. The number of aryl methyl sites for hydroxylation is 1. The number of amides is 1. The Bertz CT molecular complexity index is 969. The predicted octanol–water partition coefficient (Wildman–Crippen LogP) is 4.00. The molecule has 0 atom stereocenters. The van der Waals surface area contributed by atoms with Crippen molar-refractivity contribution in [3.8, 4) is 0 Å². The molecule has 1 N–H and O–H groups in total. The van der Waals surface area contributed by atoms with Gasteiger partial charge in [-0.15, -0.1) is 11.3 Å². The molecule has 4 nitrogen and oxygen atoms in total. The van der Waals surface area contributed by atoms with Crippen molar-refractivity contribution in [1.82, 2.24) is 9.88 Å². The van der Waals surface area contributed by atoms with Gasteiger partial charge in [-0.2, -0.15) is 0 Å². The maximum atomic E-state index is 12.6. The third-order valence-corrected chi connectivity index (χ3v) is 6.37. The van der Waals surface area contributed by atoms with Crippen LogP contribution in [0.3, 0.4) is 0 Å². The molecule has 1 amide bonds. The molecular formula is C22H24N2O2S. The molecule has 0 aliphatic carbocycles. The average Bonchev–Trinajstić information content (AvgIpc) is 3.19. The summed E-state index contributed by atoms with van der Waals surface area (Å²) in [6.45, 7) is 1.67. The van der Waals surface area contributed by atoms with Crippen LogP contribution in [0.1, 0.15) is 29.7 Å². The fraction of sp³-hybridized carbons (Fsp3) is 0.364. The van der Waals surface area contributed by atoms with E-state index in [0.29, 0.717) is 24.3 Å². The molecule has 5 heteroatoms. The number of piperidine rings is 1. The van der Waals surface area contributed by atoms with Crippen molar-refractivity contribution in [1.29, 1.82) is 0 Å². The van der Waals surface area contributed by atoms with Gasteiger partial charge >= 0.3 is 0 Å². The van der Waals surface area contributed by atoms with E-state index in [2.05, 4.69) is 22.5 Å². The number of aromatic nitrogens is 1. The maximum Gasteiger partial charge on any atom is 0.251 e. The number of rotatable bonds is 5. The number of H-pyrrole nitrogens is 1. The number of likely N-dealkylation sites (tertiary alicyclic amines) is 1. The van der Waals surface area contributed by atoms with Crippen LogP contribution in [-0.2, 0) is 17.6 Å². The lowest BCUT2D eigenvalue weighted by Gasteiger charge is -2.32. The molecule has 1 fully saturated rings. The highest BCUT2D eigenvalue weighted by Crippen LogP contribution is 2.24. The van der Waals surface area contributed by atoms with Crippen LogP contribution >= 0.6 is 11.3 Å². The van der Waals surface area contributed by atoms with Gasteiger partial charge in [-0.05, 0) is 60.6 Å². The van der Waals surface area contributed by atoms with Crippen molar-refractivity contribution in [2.24, 2.45) is 5.92 Å². The summed E-state index contributed by atoms with van der Waals surface area (Å²) in [7, 11) is 0. The quantitative estimate of drug-likeness (QED) is 0.727. The van der Waals surface area contributed by atoms with Gasteiger partial charge in [0.15, 0.2) is 0 Å². The first-order valence-electron chi connectivity index (χ1n) is 9.60. The van der Waals surface area contributed by atoms with Gasteiger partial charge in [-0.3, -0.25) is 9.59 Å². The van der Waals surface area contributed by atoms with E-state index in [4.69, 9.17) is 0 Å². The average molecular weight is 381 g/mol. The van der Waals surface area contributed by atoms with Crippen molar-refractivity contribution in [2.45, 2.75) is 32.1 Å². The summed E-state index contributed by atoms with van der Waals surface area (Å²) in [4.78, 5) is 31.1. The zero-order valence-electron chi connectivity index (χ0n) is 15.3. The van der Waals surface area contributed by atoms with Crippen molar-refractivity contribution in [3.05, 3.63) is 68.6 Å². The van der Waals surface area contributed by atoms with Crippen LogP contribution in [0.5, 0.6) is 0 Å². The normalized spacial score (nSPS) is 15.3. The SMILES string of the molecule is O=C(CCc1cc2ccccc2[nH]c1=O)N1CCC(Cc2cccs2)CC1. The predicted molar refractivity (Wildman–Crippen MR) is 110 cm³/mol. The number of hydrogen-bond donors (Lipinski definition) is 1. The van der Waals surface area contributed by atoms with E-state index in [9.17, 15) is 9.59 Å². The van der Waals surface area contributed by atoms with Crippen LogP contribution in [0.25, 0.3) is 10.9 Å². The lowest BCUT2D eigenvalue weighted by molar-refractivity contribution is -0.132. The summed E-state index contributed by atoms with van der Waals surface area (Å²) in [6, 6.07) is 13.9.